The first-order valence-corrected chi connectivity index (χ1v) is 9.96. The predicted molar refractivity (Wildman–Crippen MR) is 124 cm³/mol. The highest BCUT2D eigenvalue weighted by atomic mass is 16.5. The third-order valence-corrected chi connectivity index (χ3v) is 5.14. The summed E-state index contributed by atoms with van der Waals surface area (Å²) in [6, 6.07) is 10.9. The van der Waals surface area contributed by atoms with Gasteiger partial charge in [-0.2, -0.15) is 0 Å². The van der Waals surface area contributed by atoms with E-state index >= 15 is 0 Å². The maximum atomic E-state index is 12.7. The number of nitrogens with one attached hydrogen (secondary N) is 1. The minimum Gasteiger partial charge on any atom is -0.497 e. The van der Waals surface area contributed by atoms with Gasteiger partial charge in [-0.1, -0.05) is 0 Å². The minimum atomic E-state index is -0.351. The van der Waals surface area contributed by atoms with Crippen LogP contribution in [0.1, 0.15) is 11.1 Å². The van der Waals surface area contributed by atoms with Crippen LogP contribution in [0, 0.1) is 0 Å². The molecule has 4 rings (SSSR count). The Balaban J connectivity index is 1.77. The number of nitrogens with zero attached hydrogens (tertiary/aromatic N) is 2. The third kappa shape index (κ3) is 4.12. The van der Waals surface area contributed by atoms with Crippen molar-refractivity contribution in [3.63, 3.8) is 0 Å². The van der Waals surface area contributed by atoms with Crippen molar-refractivity contribution in [1.29, 1.82) is 0 Å². The standard InChI is InChI=1S/C24H23N3O6/c1-29-16-7-6-13-8-15(24(33-5)26-17(13)12-16)9-18-23(28)27-22(25-18)14-10-19(30-2)21(32-4)20(11-14)31-3/h6-12H,1-5H3,(H,25,27,28). The number of hydrogen-bond donors (Lipinski definition) is 1. The van der Waals surface area contributed by atoms with E-state index in [9.17, 15) is 4.79 Å². The highest BCUT2D eigenvalue weighted by Gasteiger charge is 2.24. The molecule has 1 aliphatic rings. The molecule has 1 aliphatic heterocycles. The summed E-state index contributed by atoms with van der Waals surface area (Å²) >= 11 is 0. The van der Waals surface area contributed by atoms with Crippen LogP contribution in [0.3, 0.4) is 0 Å². The Morgan fingerprint density at radius 1 is 0.848 bits per heavy atom. The van der Waals surface area contributed by atoms with Crippen LogP contribution in [0.5, 0.6) is 28.9 Å². The fourth-order valence-electron chi connectivity index (χ4n) is 3.51. The summed E-state index contributed by atoms with van der Waals surface area (Å²) in [6.45, 7) is 0. The highest BCUT2D eigenvalue weighted by molar-refractivity contribution is 6.20. The van der Waals surface area contributed by atoms with Crippen molar-refractivity contribution in [2.45, 2.75) is 0 Å². The summed E-state index contributed by atoms with van der Waals surface area (Å²) in [5, 5.41) is 3.65. The molecule has 0 aliphatic carbocycles. The number of aliphatic imine (C=N–C) groups is 1. The summed E-state index contributed by atoms with van der Waals surface area (Å²) in [4.78, 5) is 21.7. The van der Waals surface area contributed by atoms with Gasteiger partial charge in [0.2, 0.25) is 11.6 Å². The van der Waals surface area contributed by atoms with Crippen LogP contribution in [0.4, 0.5) is 0 Å². The van der Waals surface area contributed by atoms with Crippen molar-refractivity contribution < 1.29 is 28.5 Å². The molecule has 0 fully saturated rings. The molecule has 0 radical (unpaired) electrons. The molecule has 0 unspecified atom stereocenters. The van der Waals surface area contributed by atoms with Crippen molar-refractivity contribution in [3.8, 4) is 28.9 Å². The number of benzene rings is 2. The predicted octanol–water partition coefficient (Wildman–Crippen LogP) is 3.20. The van der Waals surface area contributed by atoms with Crippen LogP contribution in [0.2, 0.25) is 0 Å². The second-order valence-corrected chi connectivity index (χ2v) is 7.00. The topological polar surface area (TPSA) is 100 Å². The lowest BCUT2D eigenvalue weighted by Gasteiger charge is -2.13. The van der Waals surface area contributed by atoms with Gasteiger partial charge >= 0.3 is 0 Å². The maximum Gasteiger partial charge on any atom is 0.275 e. The van der Waals surface area contributed by atoms with Gasteiger partial charge in [-0.3, -0.25) is 4.79 Å². The molecule has 9 nitrogen and oxygen atoms in total. The summed E-state index contributed by atoms with van der Waals surface area (Å²) in [5.41, 5.74) is 2.16. The number of aromatic nitrogens is 1. The lowest BCUT2D eigenvalue weighted by molar-refractivity contribution is -0.115. The lowest BCUT2D eigenvalue weighted by Crippen LogP contribution is -2.24. The molecule has 0 bridgehead atoms. The summed E-state index contributed by atoms with van der Waals surface area (Å²) < 4.78 is 26.9. The molecule has 1 amide bonds. The van der Waals surface area contributed by atoms with E-state index in [1.54, 1.807) is 25.3 Å². The van der Waals surface area contributed by atoms with Gasteiger partial charge in [0, 0.05) is 22.6 Å². The zero-order chi connectivity index (χ0) is 23.5. The lowest BCUT2D eigenvalue weighted by atomic mass is 10.1. The fraction of sp³-hybridized carbons (Fsp3) is 0.208. The molecule has 2 heterocycles. The van der Waals surface area contributed by atoms with E-state index in [4.69, 9.17) is 23.7 Å². The van der Waals surface area contributed by atoms with Crippen LogP contribution in [-0.2, 0) is 4.79 Å². The SMILES string of the molecule is COc1ccc2cc(C=C3N=C(c4cc(OC)c(OC)c(OC)c4)NC3=O)c(OC)nc2c1. The van der Waals surface area contributed by atoms with E-state index in [-0.39, 0.29) is 11.6 Å². The van der Waals surface area contributed by atoms with E-state index in [0.29, 0.717) is 51.4 Å². The third-order valence-electron chi connectivity index (χ3n) is 5.14. The van der Waals surface area contributed by atoms with Gasteiger partial charge < -0.3 is 29.0 Å². The minimum absolute atomic E-state index is 0.215. The average molecular weight is 449 g/mol. The van der Waals surface area contributed by atoms with E-state index in [2.05, 4.69) is 15.3 Å². The number of methoxy groups -OCH3 is 5. The van der Waals surface area contributed by atoms with E-state index in [1.807, 2.05) is 24.3 Å². The van der Waals surface area contributed by atoms with Gasteiger partial charge in [0.1, 0.15) is 17.3 Å². The number of pyridine rings is 1. The first-order valence-electron chi connectivity index (χ1n) is 9.96. The number of hydrogen-bond acceptors (Lipinski definition) is 8. The molecule has 0 saturated carbocycles. The van der Waals surface area contributed by atoms with Crippen molar-refractivity contribution in [1.82, 2.24) is 10.3 Å². The molecule has 0 saturated heterocycles. The van der Waals surface area contributed by atoms with Gasteiger partial charge in [-0.05, 0) is 36.4 Å². The number of fused-ring (bicyclic) bond motifs is 1. The molecule has 0 atom stereocenters. The zero-order valence-electron chi connectivity index (χ0n) is 18.9. The molecule has 1 N–H and O–H groups in total. The molecular formula is C24H23N3O6. The Morgan fingerprint density at radius 3 is 2.18 bits per heavy atom. The normalized spacial score (nSPS) is 14.2. The van der Waals surface area contributed by atoms with Crippen LogP contribution in [-0.4, -0.2) is 52.3 Å². The zero-order valence-corrected chi connectivity index (χ0v) is 18.9. The first kappa shape index (κ1) is 21.9. The molecule has 1 aromatic heterocycles. The number of rotatable bonds is 7. The number of amides is 1. The molecule has 33 heavy (non-hydrogen) atoms. The van der Waals surface area contributed by atoms with E-state index in [1.165, 1.54) is 28.4 Å². The molecule has 0 spiro atoms. The Labute approximate surface area is 190 Å². The molecule has 170 valence electrons. The molecule has 2 aromatic carbocycles. The average Bonchev–Trinajstić information content (AvgIpc) is 3.22. The Kier molecular flexibility index (Phi) is 6.03. The number of ether oxygens (including phenoxy) is 5. The number of carbonyl (C=O) groups excluding carboxylic acids is 1. The van der Waals surface area contributed by atoms with Crippen molar-refractivity contribution in [3.05, 3.63) is 53.2 Å². The largest absolute Gasteiger partial charge is 0.497 e. The molecule has 3 aromatic rings. The second kappa shape index (κ2) is 9.07. The van der Waals surface area contributed by atoms with Crippen LogP contribution < -0.4 is 29.0 Å². The summed E-state index contributed by atoms with van der Waals surface area (Å²) in [6.07, 6.45) is 1.63. The smallest absolute Gasteiger partial charge is 0.275 e. The van der Waals surface area contributed by atoms with Crippen LogP contribution in [0.25, 0.3) is 17.0 Å². The van der Waals surface area contributed by atoms with Crippen LogP contribution in [0.15, 0.2) is 47.1 Å². The van der Waals surface area contributed by atoms with Gasteiger partial charge in [-0.15, -0.1) is 0 Å². The van der Waals surface area contributed by atoms with Gasteiger partial charge in [0.05, 0.1) is 41.1 Å². The highest BCUT2D eigenvalue weighted by Crippen LogP contribution is 2.38. The van der Waals surface area contributed by atoms with Crippen molar-refractivity contribution in [2.24, 2.45) is 4.99 Å². The monoisotopic (exact) mass is 449 g/mol. The first-order chi connectivity index (χ1) is 16.0. The van der Waals surface area contributed by atoms with E-state index in [0.717, 1.165) is 5.39 Å². The quantitative estimate of drug-likeness (QED) is 0.553. The summed E-state index contributed by atoms with van der Waals surface area (Å²) in [5.74, 6) is 2.44. The molecule has 9 heteroatoms. The number of amidine groups is 1. The van der Waals surface area contributed by atoms with Gasteiger partial charge in [0.25, 0.3) is 5.91 Å². The van der Waals surface area contributed by atoms with Crippen molar-refractivity contribution in [2.75, 3.05) is 35.5 Å². The maximum absolute atomic E-state index is 12.7. The molecular weight excluding hydrogens is 426 g/mol. The van der Waals surface area contributed by atoms with Gasteiger partial charge in [-0.25, -0.2) is 9.98 Å². The summed E-state index contributed by atoms with van der Waals surface area (Å²) in [7, 11) is 7.69. The van der Waals surface area contributed by atoms with Crippen LogP contribution >= 0.6 is 0 Å². The van der Waals surface area contributed by atoms with E-state index < -0.39 is 0 Å². The Bertz CT molecular complexity index is 1270. The fourth-order valence-corrected chi connectivity index (χ4v) is 3.51. The Hall–Kier alpha value is -4.27. The van der Waals surface area contributed by atoms with Crippen molar-refractivity contribution >= 4 is 28.7 Å². The second-order valence-electron chi connectivity index (χ2n) is 7.00. The Morgan fingerprint density at radius 2 is 1.58 bits per heavy atom. The van der Waals surface area contributed by atoms with Gasteiger partial charge in [0.15, 0.2) is 11.5 Å². The number of carbonyl (C=O) groups is 1.